The van der Waals surface area contributed by atoms with Crippen molar-refractivity contribution in [3.63, 3.8) is 0 Å². The van der Waals surface area contributed by atoms with E-state index in [1.54, 1.807) is 12.4 Å². The third kappa shape index (κ3) is 9.73. The number of carboxylic acids is 1. The van der Waals surface area contributed by atoms with E-state index in [-0.39, 0.29) is 31.6 Å². The standard InChI is InChI=1S/C37H43N9O5/c38-27(13-8-16-41-37(39)40)33(47)44-30(17-22-9-2-1-3-10-22)34(48)45-31(18-23-20-42-28-14-6-4-11-25(23)28)35(49)46-32(36(50)51)19-24-21-43-29-15-7-5-12-26(24)29/h1-7,9-12,14-15,20-21,27,30-32,42-43H,8,13,16-19,38H2,(H,44,47)(H,45,48)(H,46,49)(H,50,51)(H4,39,40,41). The third-order valence-corrected chi connectivity index (χ3v) is 8.67. The molecule has 2 aromatic heterocycles. The van der Waals surface area contributed by atoms with Crippen LogP contribution in [-0.4, -0.2) is 75.4 Å². The number of nitrogens with zero attached hydrogens (tertiary/aromatic N) is 1. The van der Waals surface area contributed by atoms with Crippen molar-refractivity contribution < 1.29 is 24.3 Å². The van der Waals surface area contributed by atoms with E-state index >= 15 is 0 Å². The highest BCUT2D eigenvalue weighted by Gasteiger charge is 2.31. The molecular weight excluding hydrogens is 650 g/mol. The van der Waals surface area contributed by atoms with Gasteiger partial charge >= 0.3 is 5.97 Å². The summed E-state index contributed by atoms with van der Waals surface area (Å²) in [6.45, 7) is 0.291. The molecule has 0 aliphatic heterocycles. The number of nitrogens with one attached hydrogen (secondary N) is 5. The van der Waals surface area contributed by atoms with Crippen LogP contribution >= 0.6 is 0 Å². The molecule has 0 fully saturated rings. The van der Waals surface area contributed by atoms with Gasteiger partial charge in [0.25, 0.3) is 0 Å². The van der Waals surface area contributed by atoms with Crippen LogP contribution in [0.5, 0.6) is 0 Å². The molecule has 14 heteroatoms. The van der Waals surface area contributed by atoms with Gasteiger partial charge in [-0.1, -0.05) is 66.7 Å². The lowest BCUT2D eigenvalue weighted by Gasteiger charge is -2.25. The lowest BCUT2D eigenvalue weighted by Crippen LogP contribution is -2.58. The molecule has 14 nitrogen and oxygen atoms in total. The number of hydrogen-bond acceptors (Lipinski definition) is 6. The quantitative estimate of drug-likeness (QED) is 0.0392. The summed E-state index contributed by atoms with van der Waals surface area (Å²) in [6, 6.07) is 19.5. The predicted molar refractivity (Wildman–Crippen MR) is 195 cm³/mol. The van der Waals surface area contributed by atoms with Crippen LogP contribution in [0.3, 0.4) is 0 Å². The predicted octanol–water partition coefficient (Wildman–Crippen LogP) is 1.60. The van der Waals surface area contributed by atoms with Crippen molar-refractivity contribution in [1.82, 2.24) is 25.9 Å². The van der Waals surface area contributed by atoms with Gasteiger partial charge in [-0.2, -0.15) is 0 Å². The van der Waals surface area contributed by atoms with Gasteiger partial charge in [-0.3, -0.25) is 19.4 Å². The summed E-state index contributed by atoms with van der Waals surface area (Å²) in [4.78, 5) is 63.9. The molecule has 0 saturated carbocycles. The number of para-hydroxylation sites is 2. The van der Waals surface area contributed by atoms with Gasteiger partial charge < -0.3 is 48.2 Å². The van der Waals surface area contributed by atoms with Crippen molar-refractivity contribution in [3.05, 3.63) is 108 Å². The highest BCUT2D eigenvalue weighted by molar-refractivity contribution is 5.95. The molecule has 4 unspecified atom stereocenters. The summed E-state index contributed by atoms with van der Waals surface area (Å²) in [5.74, 6) is -3.18. The number of aliphatic carboxylic acids is 1. The molecule has 0 bridgehead atoms. The first-order valence-corrected chi connectivity index (χ1v) is 16.7. The van der Waals surface area contributed by atoms with E-state index in [2.05, 4.69) is 30.9 Å². The first-order chi connectivity index (χ1) is 24.6. The van der Waals surface area contributed by atoms with E-state index < -0.39 is 47.9 Å². The van der Waals surface area contributed by atoms with E-state index in [9.17, 15) is 24.3 Å². The zero-order valence-corrected chi connectivity index (χ0v) is 28.0. The number of aliphatic imine (C=N–C) groups is 1. The minimum atomic E-state index is -1.30. The number of aromatic amines is 2. The minimum absolute atomic E-state index is 0.00655. The number of amides is 3. The SMILES string of the molecule is NC(N)=NCCCC(N)C(=O)NC(Cc1ccccc1)C(=O)NC(Cc1c[nH]c2ccccc12)C(=O)NC(Cc1c[nH]c2ccccc12)C(=O)O. The Morgan fingerprint density at radius 2 is 1.16 bits per heavy atom. The molecule has 0 saturated heterocycles. The molecule has 5 aromatic rings. The summed E-state index contributed by atoms with van der Waals surface area (Å²) in [5, 5.41) is 20.1. The molecule has 3 aromatic carbocycles. The molecular formula is C37H43N9O5. The van der Waals surface area contributed by atoms with Gasteiger partial charge in [-0.05, 0) is 41.7 Å². The van der Waals surface area contributed by atoms with Gasteiger partial charge in [0.2, 0.25) is 17.7 Å². The fraction of sp³-hybridized carbons (Fsp3) is 0.270. The number of hydrogen-bond donors (Lipinski definition) is 9. The number of carboxylic acid groups (broad SMARTS) is 1. The van der Waals surface area contributed by atoms with Crippen LogP contribution in [0.4, 0.5) is 0 Å². The first kappa shape index (κ1) is 36.1. The Labute approximate surface area is 294 Å². The maximum absolute atomic E-state index is 14.0. The Kier molecular flexibility index (Phi) is 12.0. The van der Waals surface area contributed by atoms with E-state index in [4.69, 9.17) is 17.2 Å². The number of guanidine groups is 1. The maximum Gasteiger partial charge on any atom is 0.326 e. The molecule has 0 radical (unpaired) electrons. The molecule has 0 aliphatic rings. The van der Waals surface area contributed by atoms with Crippen molar-refractivity contribution in [1.29, 1.82) is 0 Å². The molecule has 0 aliphatic carbocycles. The highest BCUT2D eigenvalue weighted by Crippen LogP contribution is 2.21. The number of benzene rings is 3. The van der Waals surface area contributed by atoms with Crippen molar-refractivity contribution >= 4 is 51.5 Å². The largest absolute Gasteiger partial charge is 0.480 e. The molecule has 4 atom stereocenters. The highest BCUT2D eigenvalue weighted by atomic mass is 16.4. The number of carbonyl (C=O) groups is 4. The second kappa shape index (κ2) is 17.0. The van der Waals surface area contributed by atoms with E-state index in [0.29, 0.717) is 13.0 Å². The monoisotopic (exact) mass is 693 g/mol. The fourth-order valence-corrected chi connectivity index (χ4v) is 5.98. The summed E-state index contributed by atoms with van der Waals surface area (Å²) in [5.41, 5.74) is 20.8. The third-order valence-electron chi connectivity index (χ3n) is 8.67. The van der Waals surface area contributed by atoms with Crippen LogP contribution in [0.15, 0.2) is 96.2 Å². The Hall–Kier alpha value is -6.15. The van der Waals surface area contributed by atoms with Crippen molar-refractivity contribution in [3.8, 4) is 0 Å². The Morgan fingerprint density at radius 3 is 1.73 bits per heavy atom. The molecule has 51 heavy (non-hydrogen) atoms. The normalized spacial score (nSPS) is 13.5. The number of rotatable bonds is 17. The Morgan fingerprint density at radius 1 is 0.667 bits per heavy atom. The van der Waals surface area contributed by atoms with Crippen molar-refractivity contribution in [2.75, 3.05) is 6.54 Å². The number of fused-ring (bicyclic) bond motifs is 2. The van der Waals surface area contributed by atoms with E-state index in [0.717, 1.165) is 38.5 Å². The summed E-state index contributed by atoms with van der Waals surface area (Å²) >= 11 is 0. The first-order valence-electron chi connectivity index (χ1n) is 16.7. The summed E-state index contributed by atoms with van der Waals surface area (Å²) < 4.78 is 0. The van der Waals surface area contributed by atoms with Crippen LogP contribution in [-0.2, 0) is 38.4 Å². The molecule has 12 N–H and O–H groups in total. The smallest absolute Gasteiger partial charge is 0.326 e. The Balaban J connectivity index is 1.38. The van der Waals surface area contributed by atoms with Crippen LogP contribution in [0.25, 0.3) is 21.8 Å². The molecule has 3 amide bonds. The van der Waals surface area contributed by atoms with Crippen LogP contribution < -0.4 is 33.2 Å². The number of aromatic nitrogens is 2. The average Bonchev–Trinajstić information content (AvgIpc) is 3.73. The van der Waals surface area contributed by atoms with Crippen molar-refractivity contribution in [2.45, 2.75) is 56.3 Å². The summed E-state index contributed by atoms with van der Waals surface area (Å²) in [6.07, 6.45) is 4.34. The second-order valence-corrected chi connectivity index (χ2v) is 12.4. The Bertz CT molecular complexity index is 2000. The van der Waals surface area contributed by atoms with Gasteiger partial charge in [0.15, 0.2) is 5.96 Å². The van der Waals surface area contributed by atoms with Crippen LogP contribution in [0, 0.1) is 0 Å². The van der Waals surface area contributed by atoms with Gasteiger partial charge in [0.1, 0.15) is 18.1 Å². The lowest BCUT2D eigenvalue weighted by atomic mass is 10.0. The zero-order chi connectivity index (χ0) is 36.3. The van der Waals surface area contributed by atoms with E-state index in [1.807, 2.05) is 78.9 Å². The fourth-order valence-electron chi connectivity index (χ4n) is 5.98. The minimum Gasteiger partial charge on any atom is -0.480 e. The van der Waals surface area contributed by atoms with Crippen LogP contribution in [0.2, 0.25) is 0 Å². The number of carbonyl (C=O) groups excluding carboxylic acids is 3. The van der Waals surface area contributed by atoms with E-state index in [1.165, 1.54) is 0 Å². The van der Waals surface area contributed by atoms with Gasteiger partial charge in [0, 0.05) is 60.0 Å². The van der Waals surface area contributed by atoms with Crippen molar-refractivity contribution in [2.24, 2.45) is 22.2 Å². The van der Waals surface area contributed by atoms with Gasteiger partial charge in [-0.15, -0.1) is 0 Å². The van der Waals surface area contributed by atoms with Crippen LogP contribution in [0.1, 0.15) is 29.5 Å². The topological polar surface area (TPSA) is 247 Å². The molecule has 0 spiro atoms. The summed E-state index contributed by atoms with van der Waals surface area (Å²) in [7, 11) is 0. The zero-order valence-electron chi connectivity index (χ0n) is 28.0. The van der Waals surface area contributed by atoms with Gasteiger partial charge in [0.05, 0.1) is 6.04 Å². The number of H-pyrrole nitrogens is 2. The second-order valence-electron chi connectivity index (χ2n) is 12.4. The lowest BCUT2D eigenvalue weighted by molar-refractivity contribution is -0.142. The molecule has 5 rings (SSSR count). The number of nitrogens with two attached hydrogens (primary N) is 3. The maximum atomic E-state index is 14.0. The van der Waals surface area contributed by atoms with Gasteiger partial charge in [-0.25, -0.2) is 4.79 Å². The molecule has 266 valence electrons. The average molecular weight is 694 g/mol. The molecule has 2 heterocycles.